The van der Waals surface area contributed by atoms with Gasteiger partial charge in [-0.15, -0.1) is 0 Å². The smallest absolute Gasteiger partial charge is 0.0923 e. The van der Waals surface area contributed by atoms with E-state index >= 15 is 0 Å². The van der Waals surface area contributed by atoms with Crippen molar-refractivity contribution in [2.75, 3.05) is 24.5 Å². The van der Waals surface area contributed by atoms with Gasteiger partial charge in [0.05, 0.1) is 5.82 Å². The maximum absolute atomic E-state index is 5.81. The average Bonchev–Trinajstić information content (AvgIpc) is 2.99. The zero-order valence-corrected chi connectivity index (χ0v) is 13.7. The van der Waals surface area contributed by atoms with Gasteiger partial charge >= 0.3 is 0 Å². The van der Waals surface area contributed by atoms with E-state index in [1.54, 1.807) is 0 Å². The van der Waals surface area contributed by atoms with Crippen molar-refractivity contribution in [2.24, 2.45) is 11.7 Å². The van der Waals surface area contributed by atoms with Crippen LogP contribution in [0.15, 0.2) is 36.2 Å². The third-order valence-electron chi connectivity index (χ3n) is 5.16. The summed E-state index contributed by atoms with van der Waals surface area (Å²) in [6, 6.07) is 9.32. The van der Waals surface area contributed by atoms with Crippen LogP contribution in [0, 0.1) is 5.92 Å². The number of anilines is 1. The van der Waals surface area contributed by atoms with Crippen molar-refractivity contribution in [1.82, 2.24) is 5.32 Å². The van der Waals surface area contributed by atoms with Crippen LogP contribution < -0.4 is 16.0 Å². The normalized spacial score (nSPS) is 22.2. The van der Waals surface area contributed by atoms with E-state index in [-0.39, 0.29) is 0 Å². The molecule has 0 spiro atoms. The van der Waals surface area contributed by atoms with Gasteiger partial charge in [0.1, 0.15) is 0 Å². The maximum Gasteiger partial charge on any atom is 0.0923 e. The Morgan fingerprint density at radius 2 is 1.86 bits per heavy atom. The van der Waals surface area contributed by atoms with E-state index in [1.807, 2.05) is 0 Å². The highest BCUT2D eigenvalue weighted by molar-refractivity contribution is 5.48. The third-order valence-corrected chi connectivity index (χ3v) is 5.16. The number of hydrogen-bond acceptors (Lipinski definition) is 3. The predicted octanol–water partition coefficient (Wildman–Crippen LogP) is 3.58. The standard InChI is InChI=1S/C19H29N3/c1-2-22(14-15-12-19(20)21-13-15)18-10-8-17(9-11-18)16-6-4-3-5-7-16/h8-12,15-16,21H,2-7,13-14,20H2,1H3/t15-/m0/s1. The Hall–Kier alpha value is -1.64. The molecule has 0 aromatic heterocycles. The van der Waals surface area contributed by atoms with Gasteiger partial charge in [-0.1, -0.05) is 31.4 Å². The van der Waals surface area contributed by atoms with E-state index in [4.69, 9.17) is 5.73 Å². The highest BCUT2D eigenvalue weighted by Gasteiger charge is 2.18. The Balaban J connectivity index is 1.64. The number of rotatable bonds is 5. The van der Waals surface area contributed by atoms with E-state index in [0.29, 0.717) is 5.92 Å². The van der Waals surface area contributed by atoms with Crippen molar-refractivity contribution < 1.29 is 0 Å². The lowest BCUT2D eigenvalue weighted by atomic mass is 9.84. The summed E-state index contributed by atoms with van der Waals surface area (Å²) in [6.07, 6.45) is 9.11. The van der Waals surface area contributed by atoms with Gasteiger partial charge in [0.2, 0.25) is 0 Å². The molecule has 1 aromatic rings. The van der Waals surface area contributed by atoms with Crippen molar-refractivity contribution in [3.8, 4) is 0 Å². The first-order chi connectivity index (χ1) is 10.8. The van der Waals surface area contributed by atoms with Crippen LogP contribution in [0.5, 0.6) is 0 Å². The van der Waals surface area contributed by atoms with Crippen LogP contribution >= 0.6 is 0 Å². The SMILES string of the molecule is CCN(C[C@H]1C=C(N)NC1)c1ccc(C2CCCCC2)cc1. The lowest BCUT2D eigenvalue weighted by Crippen LogP contribution is -2.30. The summed E-state index contributed by atoms with van der Waals surface area (Å²) >= 11 is 0. The molecule has 1 atom stereocenters. The largest absolute Gasteiger partial charge is 0.386 e. The second kappa shape index (κ2) is 7.08. The molecular weight excluding hydrogens is 270 g/mol. The Morgan fingerprint density at radius 1 is 1.14 bits per heavy atom. The van der Waals surface area contributed by atoms with Crippen molar-refractivity contribution in [3.05, 3.63) is 41.7 Å². The van der Waals surface area contributed by atoms with Gasteiger partial charge in [-0.05, 0) is 49.5 Å². The Labute approximate surface area is 134 Å². The number of nitrogens with zero attached hydrogens (tertiary/aromatic N) is 1. The quantitative estimate of drug-likeness (QED) is 0.873. The third kappa shape index (κ3) is 3.57. The molecule has 1 aliphatic heterocycles. The van der Waals surface area contributed by atoms with Crippen molar-refractivity contribution in [1.29, 1.82) is 0 Å². The van der Waals surface area contributed by atoms with Crippen LogP contribution in [0.3, 0.4) is 0 Å². The lowest BCUT2D eigenvalue weighted by molar-refractivity contribution is 0.443. The molecule has 3 N–H and O–H groups in total. The van der Waals surface area contributed by atoms with Crippen molar-refractivity contribution >= 4 is 5.69 Å². The van der Waals surface area contributed by atoms with E-state index in [9.17, 15) is 0 Å². The molecule has 3 heteroatoms. The number of benzene rings is 1. The molecule has 3 rings (SSSR count). The van der Waals surface area contributed by atoms with Gasteiger partial charge in [-0.25, -0.2) is 0 Å². The zero-order chi connectivity index (χ0) is 15.4. The maximum atomic E-state index is 5.81. The minimum absolute atomic E-state index is 0.512. The van der Waals surface area contributed by atoms with Gasteiger partial charge in [0, 0.05) is 31.2 Å². The molecule has 1 aromatic carbocycles. The second-order valence-electron chi connectivity index (χ2n) is 6.73. The molecule has 0 bridgehead atoms. The van der Waals surface area contributed by atoms with Gasteiger partial charge in [-0.3, -0.25) is 0 Å². The summed E-state index contributed by atoms with van der Waals surface area (Å²) in [7, 11) is 0. The van der Waals surface area contributed by atoms with Crippen LogP contribution in [-0.4, -0.2) is 19.6 Å². The Morgan fingerprint density at radius 3 is 2.45 bits per heavy atom. The molecule has 0 saturated heterocycles. The highest BCUT2D eigenvalue weighted by Crippen LogP contribution is 2.33. The Kier molecular flexibility index (Phi) is 4.91. The molecule has 3 nitrogen and oxygen atoms in total. The predicted molar refractivity (Wildman–Crippen MR) is 93.9 cm³/mol. The number of nitrogens with two attached hydrogens (primary N) is 1. The second-order valence-corrected chi connectivity index (χ2v) is 6.73. The average molecular weight is 299 g/mol. The minimum Gasteiger partial charge on any atom is -0.386 e. The van der Waals surface area contributed by atoms with E-state index in [2.05, 4.69) is 47.5 Å². The summed E-state index contributed by atoms with van der Waals surface area (Å²) in [5.41, 5.74) is 8.68. The molecule has 1 heterocycles. The van der Waals surface area contributed by atoms with Crippen LogP contribution in [0.2, 0.25) is 0 Å². The van der Waals surface area contributed by atoms with Gasteiger partial charge in [0.25, 0.3) is 0 Å². The first-order valence-electron chi connectivity index (χ1n) is 8.82. The van der Waals surface area contributed by atoms with Crippen LogP contribution in [0.4, 0.5) is 5.69 Å². The number of nitrogens with one attached hydrogen (secondary N) is 1. The first kappa shape index (κ1) is 15.3. The monoisotopic (exact) mass is 299 g/mol. The van der Waals surface area contributed by atoms with Gasteiger partial charge < -0.3 is 16.0 Å². The fraction of sp³-hybridized carbons (Fsp3) is 0.579. The zero-order valence-electron chi connectivity index (χ0n) is 13.7. The summed E-state index contributed by atoms with van der Waals surface area (Å²) in [4.78, 5) is 2.45. The van der Waals surface area contributed by atoms with Crippen molar-refractivity contribution in [2.45, 2.75) is 44.9 Å². The van der Waals surface area contributed by atoms with Gasteiger partial charge in [-0.2, -0.15) is 0 Å². The lowest BCUT2D eigenvalue weighted by Gasteiger charge is -2.27. The fourth-order valence-corrected chi connectivity index (χ4v) is 3.83. The molecule has 1 saturated carbocycles. The van der Waals surface area contributed by atoms with Crippen LogP contribution in [-0.2, 0) is 0 Å². The van der Waals surface area contributed by atoms with E-state index in [1.165, 1.54) is 43.4 Å². The summed E-state index contributed by atoms with van der Waals surface area (Å²) in [6.45, 7) is 5.26. The molecule has 0 amide bonds. The first-order valence-corrected chi connectivity index (χ1v) is 8.82. The topological polar surface area (TPSA) is 41.3 Å². The molecule has 0 unspecified atom stereocenters. The molecule has 1 fully saturated rings. The summed E-state index contributed by atoms with van der Waals surface area (Å²) < 4.78 is 0. The van der Waals surface area contributed by atoms with E-state index < -0.39 is 0 Å². The molecule has 2 aliphatic rings. The fourth-order valence-electron chi connectivity index (χ4n) is 3.83. The Bertz CT molecular complexity index is 500. The van der Waals surface area contributed by atoms with Crippen LogP contribution in [0.25, 0.3) is 0 Å². The molecule has 22 heavy (non-hydrogen) atoms. The highest BCUT2D eigenvalue weighted by atomic mass is 15.1. The van der Waals surface area contributed by atoms with Crippen LogP contribution in [0.1, 0.15) is 50.5 Å². The summed E-state index contributed by atoms with van der Waals surface area (Å²) in [5, 5.41) is 3.21. The number of hydrogen-bond donors (Lipinski definition) is 2. The molecule has 0 radical (unpaired) electrons. The minimum atomic E-state index is 0.512. The van der Waals surface area contributed by atoms with Crippen molar-refractivity contribution in [3.63, 3.8) is 0 Å². The van der Waals surface area contributed by atoms with E-state index in [0.717, 1.165) is 31.4 Å². The van der Waals surface area contributed by atoms with Gasteiger partial charge in [0.15, 0.2) is 0 Å². The summed E-state index contributed by atoms with van der Waals surface area (Å²) in [5.74, 6) is 2.13. The molecular formula is C19H29N3. The molecule has 120 valence electrons. The molecule has 1 aliphatic carbocycles.